The highest BCUT2D eigenvalue weighted by atomic mass is 16.8. The maximum absolute atomic E-state index is 9.50. The lowest BCUT2D eigenvalue weighted by Crippen LogP contribution is -2.69. The summed E-state index contributed by atoms with van der Waals surface area (Å²) >= 11 is 0. The summed E-state index contributed by atoms with van der Waals surface area (Å²) in [4.78, 5) is 0. The fourth-order valence-corrected chi connectivity index (χ4v) is 15.3. The van der Waals surface area contributed by atoms with E-state index in [9.17, 15) is 5.11 Å². The monoisotopic (exact) mass is 1500 g/mol. The number of hydrogen-bond donors (Lipinski definition) is 2. The smallest absolute Gasteiger partial charge is 0.187 e. The SMILES string of the molecule is COC[C@H]1O[C@@H]2O[C@H]3[C@H](OC)[C@@H](OC)[C@@H](O[C@H]4[C@H](OC)[C@@H](OC)[C@@H](O[C@H]5[C@H](OC)[C@@H](OC)[C@@H](O[C@H]6[C@H](OC)[C@@H](OC)[C@@H](O[C@H]7[C@H](OC)[C@@H](OC)[C@@H](O[C@H]8[C@H](OC)[C@@H](OC)[C@@H](O[C@H]1[C@H](OC)[C@H]2OC)O[C@@H]8CNCCOCCO)O[C@@H]7COC)O[C@@H]6COC)O[C@@H]5COC)O[C@@H]4COC)O[C@@H]3COC. The van der Waals surface area contributed by atoms with Gasteiger partial charge in [0.1, 0.15) is 171 Å². The van der Waals surface area contributed by atoms with Gasteiger partial charge in [-0.25, -0.2) is 0 Å². The molecule has 604 valence electrons. The molecule has 0 aromatic carbocycles. The molecule has 14 bridgehead atoms. The van der Waals surface area contributed by atoms with Crippen molar-refractivity contribution < 1.29 is 171 Å². The lowest BCUT2D eigenvalue weighted by molar-refractivity contribution is -0.402. The van der Waals surface area contributed by atoms with Crippen LogP contribution in [-0.4, -0.2) is 435 Å². The number of nitrogens with one attached hydrogen (secondary N) is 1. The molecule has 2 N–H and O–H groups in total. The van der Waals surface area contributed by atoms with Crippen LogP contribution in [0.4, 0.5) is 0 Å². The highest BCUT2D eigenvalue weighted by Gasteiger charge is 2.62. The number of aliphatic hydroxyl groups is 1. The molecule has 0 spiro atoms. The van der Waals surface area contributed by atoms with Gasteiger partial charge in [-0.1, -0.05) is 0 Å². The Morgan fingerprint density at radius 3 is 0.563 bits per heavy atom. The first-order chi connectivity index (χ1) is 50.2. The molecule has 0 aromatic rings. The average Bonchev–Trinajstić information content (AvgIpc) is 0.788. The zero-order valence-corrected chi connectivity index (χ0v) is 63.2. The summed E-state index contributed by atoms with van der Waals surface area (Å²) in [7, 11) is 30.2. The van der Waals surface area contributed by atoms with E-state index < -0.39 is 215 Å². The lowest BCUT2D eigenvalue weighted by Gasteiger charge is -2.52. The Kier molecular flexibility index (Phi) is 37.2. The highest BCUT2D eigenvalue weighted by molar-refractivity contribution is 5.04. The van der Waals surface area contributed by atoms with Gasteiger partial charge in [0.25, 0.3) is 0 Å². The summed E-state index contributed by atoms with van der Waals surface area (Å²) in [5, 5.41) is 12.9. The van der Waals surface area contributed by atoms with Gasteiger partial charge in [-0.05, 0) is 0 Å². The molecule has 0 unspecified atom stereocenters. The molecule has 21 aliphatic rings. The standard InChI is InChI=1S/C66H119NO36/c1-69-26-33-40-47(76-8)55(84-16)62(92-33)100-42-35(28-71-3)94-64(57(86-18)49(42)78-10)102-44-37(30-73-5)96-66(59(88-20)51(44)80-12)103-45-38(31-74-6)95-65(58(87-19)52(45)81-13)101-43-36(29-72-4)93-63(56(85-17)50(43)79-11)99-41-34(27-70-2)91-61(54(83-15)48(41)77-9)97-39-32(25-67-21-23-89-24-22-68)90-60(98-40)53(82-14)46(39)75-7/h32-68H,21-31H2,1-20H3/t32-,33-,34-,35-,36-,37-,38-,39-,40-,41-,42-,43-,44-,45-,46+,47+,48+,49+,50+,51+,52+,53-,54-,55-,56-,57-,58-,59-,60-,61-,62-,63-,64-,65-,66-/m1/s1. The van der Waals surface area contributed by atoms with Crippen molar-refractivity contribution in [3.8, 4) is 0 Å². The molecule has 0 aromatic heterocycles. The molecule has 35 atom stereocenters. The van der Waals surface area contributed by atoms with Gasteiger partial charge < -0.3 is 176 Å². The van der Waals surface area contributed by atoms with Crippen molar-refractivity contribution in [2.75, 3.05) is 215 Å². The van der Waals surface area contributed by atoms with Crippen molar-refractivity contribution in [1.82, 2.24) is 5.32 Å². The summed E-state index contributed by atoms with van der Waals surface area (Å²) in [5.74, 6) is 0. The largest absolute Gasteiger partial charge is 0.394 e. The Bertz CT molecular complexity index is 2290. The minimum absolute atomic E-state index is 0.0454. The topological polar surface area (TPSA) is 355 Å². The summed E-state index contributed by atoms with van der Waals surface area (Å²) in [6, 6.07) is 0. The van der Waals surface area contributed by atoms with Gasteiger partial charge in [0.15, 0.2) is 44.0 Å². The number of methoxy groups -OCH3 is 20. The number of hydrogen-bond acceptors (Lipinski definition) is 37. The van der Waals surface area contributed by atoms with Crippen LogP contribution in [0.15, 0.2) is 0 Å². The van der Waals surface area contributed by atoms with Crippen molar-refractivity contribution in [1.29, 1.82) is 0 Å². The van der Waals surface area contributed by atoms with E-state index in [-0.39, 0.29) is 66.0 Å². The Labute approximate surface area is 604 Å². The van der Waals surface area contributed by atoms with E-state index >= 15 is 0 Å². The molecule has 0 saturated carbocycles. The van der Waals surface area contributed by atoms with Crippen molar-refractivity contribution >= 4 is 0 Å². The lowest BCUT2D eigenvalue weighted by atomic mass is 9.94. The average molecular weight is 1500 g/mol. The van der Waals surface area contributed by atoms with Crippen LogP contribution in [0.3, 0.4) is 0 Å². The summed E-state index contributed by atoms with van der Waals surface area (Å²) in [6.45, 7) is 0.384. The molecule has 21 rings (SSSR count). The van der Waals surface area contributed by atoms with Gasteiger partial charge in [0, 0.05) is 155 Å². The summed E-state index contributed by atoms with van der Waals surface area (Å²) in [6.07, 6.45) is -36.5. The minimum atomic E-state index is -1.25. The zero-order chi connectivity index (χ0) is 74.4. The van der Waals surface area contributed by atoms with Crippen LogP contribution >= 0.6 is 0 Å². The molecular formula is C66H119NO36. The summed E-state index contributed by atoms with van der Waals surface area (Å²) < 4.78 is 227. The molecule has 21 aliphatic heterocycles. The third-order valence-corrected chi connectivity index (χ3v) is 20.0. The van der Waals surface area contributed by atoms with E-state index in [1.54, 1.807) is 0 Å². The van der Waals surface area contributed by atoms with Crippen LogP contribution in [0.5, 0.6) is 0 Å². The molecule has 0 aliphatic carbocycles. The number of rotatable bonds is 33. The van der Waals surface area contributed by atoms with Gasteiger partial charge in [-0.2, -0.15) is 0 Å². The molecule has 37 nitrogen and oxygen atoms in total. The second-order valence-electron chi connectivity index (χ2n) is 25.6. The van der Waals surface area contributed by atoms with Crippen LogP contribution in [0, 0.1) is 0 Å². The maximum Gasteiger partial charge on any atom is 0.187 e. The molecule has 21 fully saturated rings. The van der Waals surface area contributed by atoms with Gasteiger partial charge >= 0.3 is 0 Å². The van der Waals surface area contributed by atoms with Gasteiger partial charge in [0.2, 0.25) is 0 Å². The minimum Gasteiger partial charge on any atom is -0.394 e. The predicted molar refractivity (Wildman–Crippen MR) is 348 cm³/mol. The quantitative estimate of drug-likeness (QED) is 0.0639. The molecule has 0 amide bonds. The van der Waals surface area contributed by atoms with Gasteiger partial charge in [0.05, 0.1) is 59.5 Å². The van der Waals surface area contributed by atoms with Crippen molar-refractivity contribution in [2.45, 2.75) is 215 Å². The normalized spacial score (nSPS) is 44.4. The Hall–Kier alpha value is -1.48. The third-order valence-electron chi connectivity index (χ3n) is 20.0. The molecule has 37 heteroatoms. The second kappa shape index (κ2) is 43.9. The van der Waals surface area contributed by atoms with Crippen LogP contribution < -0.4 is 5.32 Å². The van der Waals surface area contributed by atoms with Crippen molar-refractivity contribution in [2.24, 2.45) is 0 Å². The predicted octanol–water partition coefficient (Wildman–Crippen LogP) is -2.54. The molecule has 21 heterocycles. The number of aliphatic hydroxyl groups excluding tert-OH is 1. The Morgan fingerprint density at radius 1 is 0.223 bits per heavy atom. The van der Waals surface area contributed by atoms with E-state index in [0.717, 1.165) is 0 Å². The van der Waals surface area contributed by atoms with Crippen molar-refractivity contribution in [3.05, 3.63) is 0 Å². The first-order valence-corrected chi connectivity index (χ1v) is 34.6. The van der Waals surface area contributed by atoms with Crippen LogP contribution in [-0.2, 0) is 166 Å². The Morgan fingerprint density at radius 2 is 0.398 bits per heavy atom. The fourth-order valence-electron chi connectivity index (χ4n) is 15.3. The van der Waals surface area contributed by atoms with Crippen LogP contribution in [0.25, 0.3) is 0 Å². The molecule has 21 saturated heterocycles. The van der Waals surface area contributed by atoms with Crippen LogP contribution in [0.1, 0.15) is 0 Å². The van der Waals surface area contributed by atoms with Gasteiger partial charge in [-0.3, -0.25) is 0 Å². The highest BCUT2D eigenvalue weighted by Crippen LogP contribution is 2.43. The van der Waals surface area contributed by atoms with Crippen molar-refractivity contribution in [3.63, 3.8) is 0 Å². The van der Waals surface area contributed by atoms with Gasteiger partial charge in [-0.15, -0.1) is 0 Å². The first-order valence-electron chi connectivity index (χ1n) is 34.6. The first kappa shape index (κ1) is 87.1. The van der Waals surface area contributed by atoms with E-state index in [1.807, 2.05) is 0 Å². The van der Waals surface area contributed by atoms with E-state index in [2.05, 4.69) is 5.32 Å². The van der Waals surface area contributed by atoms with E-state index in [1.165, 1.54) is 142 Å². The molecule has 103 heavy (non-hydrogen) atoms. The van der Waals surface area contributed by atoms with E-state index in [0.29, 0.717) is 6.54 Å². The molecular weight excluding hydrogens is 1380 g/mol. The van der Waals surface area contributed by atoms with E-state index in [4.69, 9.17) is 166 Å². The fraction of sp³-hybridized carbons (Fsp3) is 1.00. The number of ether oxygens (including phenoxy) is 35. The third kappa shape index (κ3) is 20.1. The maximum atomic E-state index is 9.50. The zero-order valence-electron chi connectivity index (χ0n) is 63.2. The Balaban J connectivity index is 1.24. The summed E-state index contributed by atoms with van der Waals surface area (Å²) in [5.41, 5.74) is 0. The van der Waals surface area contributed by atoms with Crippen LogP contribution in [0.2, 0.25) is 0 Å². The second-order valence-corrected chi connectivity index (χ2v) is 25.6. The molecule has 0 radical (unpaired) electrons.